The molecule has 0 aliphatic carbocycles. The topological polar surface area (TPSA) is 103 Å². The zero-order valence-corrected chi connectivity index (χ0v) is 13.9. The van der Waals surface area contributed by atoms with Gasteiger partial charge in [0.15, 0.2) is 5.82 Å². The molecular formula is C18H17N5O2. The number of benzene rings is 1. The zero-order chi connectivity index (χ0) is 18.0. The fourth-order valence-corrected chi connectivity index (χ4v) is 2.51. The Morgan fingerprint density at radius 1 is 1.12 bits per heavy atom. The molecule has 0 saturated heterocycles. The van der Waals surface area contributed by atoms with Crippen LogP contribution in [0.15, 0.2) is 48.7 Å². The minimum absolute atomic E-state index is 0.253. The molecule has 0 saturated carbocycles. The van der Waals surface area contributed by atoms with Crippen molar-refractivity contribution in [3.05, 3.63) is 71.2 Å². The number of anilines is 1. The Bertz CT molecular complexity index is 944. The summed E-state index contributed by atoms with van der Waals surface area (Å²) in [4.78, 5) is 28.1. The Morgan fingerprint density at radius 3 is 2.48 bits per heavy atom. The highest BCUT2D eigenvalue weighted by Gasteiger charge is 2.13. The molecule has 3 N–H and O–H groups in total. The summed E-state index contributed by atoms with van der Waals surface area (Å²) in [6.45, 7) is 3.84. The Labute approximate surface area is 144 Å². The summed E-state index contributed by atoms with van der Waals surface area (Å²) in [5, 5.41) is 7.04. The SMILES string of the molecule is Cc1cc(C)n(-c2ccc(C(=O)Nc3ccccc3C(N)=O)cn2)n1. The minimum atomic E-state index is -0.603. The van der Waals surface area contributed by atoms with Gasteiger partial charge in [0.2, 0.25) is 0 Å². The van der Waals surface area contributed by atoms with Gasteiger partial charge in [0, 0.05) is 11.9 Å². The molecule has 0 aliphatic heterocycles. The second-order valence-electron chi connectivity index (χ2n) is 5.61. The van der Waals surface area contributed by atoms with Crippen LogP contribution in [0.5, 0.6) is 0 Å². The molecule has 3 rings (SSSR count). The van der Waals surface area contributed by atoms with Crippen molar-refractivity contribution in [1.82, 2.24) is 14.8 Å². The molecule has 0 atom stereocenters. The van der Waals surface area contributed by atoms with Crippen LogP contribution in [0, 0.1) is 13.8 Å². The molecule has 0 spiro atoms. The van der Waals surface area contributed by atoms with Crippen LogP contribution in [-0.4, -0.2) is 26.6 Å². The maximum atomic E-state index is 12.4. The van der Waals surface area contributed by atoms with Gasteiger partial charge in [0.25, 0.3) is 11.8 Å². The molecule has 0 bridgehead atoms. The van der Waals surface area contributed by atoms with E-state index in [0.29, 0.717) is 17.1 Å². The van der Waals surface area contributed by atoms with Gasteiger partial charge in [-0.25, -0.2) is 9.67 Å². The molecule has 2 aromatic heterocycles. The molecule has 7 heteroatoms. The predicted molar refractivity (Wildman–Crippen MR) is 93.7 cm³/mol. The number of para-hydroxylation sites is 1. The molecule has 2 heterocycles. The predicted octanol–water partition coefficient (Wildman–Crippen LogP) is 2.24. The summed E-state index contributed by atoms with van der Waals surface area (Å²) >= 11 is 0. The normalized spacial score (nSPS) is 10.5. The van der Waals surface area contributed by atoms with Gasteiger partial charge in [-0.05, 0) is 44.2 Å². The fourth-order valence-electron chi connectivity index (χ4n) is 2.51. The first-order chi connectivity index (χ1) is 12.0. The van der Waals surface area contributed by atoms with Crippen molar-refractivity contribution < 1.29 is 9.59 Å². The van der Waals surface area contributed by atoms with E-state index in [4.69, 9.17) is 5.73 Å². The number of rotatable bonds is 4. The highest BCUT2D eigenvalue weighted by atomic mass is 16.2. The molecule has 0 radical (unpaired) electrons. The molecule has 1 aromatic carbocycles. The summed E-state index contributed by atoms with van der Waals surface area (Å²) in [7, 11) is 0. The van der Waals surface area contributed by atoms with Crippen LogP contribution >= 0.6 is 0 Å². The summed E-state index contributed by atoms with van der Waals surface area (Å²) in [6, 6.07) is 11.9. The van der Waals surface area contributed by atoms with E-state index >= 15 is 0 Å². The third kappa shape index (κ3) is 3.40. The van der Waals surface area contributed by atoms with Gasteiger partial charge in [-0.15, -0.1) is 0 Å². The molecule has 0 aliphatic rings. The highest BCUT2D eigenvalue weighted by molar-refractivity contribution is 6.08. The molecular weight excluding hydrogens is 318 g/mol. The number of carbonyl (C=O) groups excluding carboxylic acids is 2. The summed E-state index contributed by atoms with van der Waals surface area (Å²) < 4.78 is 1.71. The van der Waals surface area contributed by atoms with Crippen molar-refractivity contribution in [2.24, 2.45) is 5.73 Å². The lowest BCUT2D eigenvalue weighted by atomic mass is 10.1. The number of hydrogen-bond acceptors (Lipinski definition) is 4. The molecule has 25 heavy (non-hydrogen) atoms. The number of hydrogen-bond donors (Lipinski definition) is 2. The van der Waals surface area contributed by atoms with Gasteiger partial charge in [-0.3, -0.25) is 9.59 Å². The van der Waals surface area contributed by atoms with Crippen molar-refractivity contribution >= 4 is 17.5 Å². The van der Waals surface area contributed by atoms with E-state index in [9.17, 15) is 9.59 Å². The van der Waals surface area contributed by atoms with Gasteiger partial charge >= 0.3 is 0 Å². The number of aromatic nitrogens is 3. The van der Waals surface area contributed by atoms with Gasteiger partial charge in [0.1, 0.15) is 0 Å². The van der Waals surface area contributed by atoms with E-state index in [-0.39, 0.29) is 11.5 Å². The number of nitrogens with zero attached hydrogens (tertiary/aromatic N) is 3. The van der Waals surface area contributed by atoms with Gasteiger partial charge in [-0.1, -0.05) is 12.1 Å². The summed E-state index contributed by atoms with van der Waals surface area (Å²) in [5.41, 5.74) is 8.15. The highest BCUT2D eigenvalue weighted by Crippen LogP contribution is 2.16. The third-order valence-corrected chi connectivity index (χ3v) is 3.68. The molecule has 126 valence electrons. The van der Waals surface area contributed by atoms with E-state index in [1.807, 2.05) is 19.9 Å². The maximum Gasteiger partial charge on any atom is 0.257 e. The zero-order valence-electron chi connectivity index (χ0n) is 13.9. The lowest BCUT2D eigenvalue weighted by molar-refractivity contribution is 0.100. The maximum absolute atomic E-state index is 12.4. The van der Waals surface area contributed by atoms with Crippen LogP contribution in [0.25, 0.3) is 5.82 Å². The quantitative estimate of drug-likeness (QED) is 0.763. The number of primary amides is 1. The standard InChI is InChI=1S/C18H17N5O2/c1-11-9-12(2)23(22-11)16-8-7-13(10-20-16)18(25)21-15-6-4-3-5-14(15)17(19)24/h3-10H,1-2H3,(H2,19,24)(H,21,25). The molecule has 0 unspecified atom stereocenters. The van der Waals surface area contributed by atoms with E-state index in [1.54, 1.807) is 41.1 Å². The second-order valence-corrected chi connectivity index (χ2v) is 5.61. The lowest BCUT2D eigenvalue weighted by Crippen LogP contribution is -2.18. The van der Waals surface area contributed by atoms with Crippen molar-refractivity contribution in [3.63, 3.8) is 0 Å². The number of pyridine rings is 1. The molecule has 2 amide bonds. The Kier molecular flexibility index (Phi) is 4.30. The summed E-state index contributed by atoms with van der Waals surface area (Å²) in [6.07, 6.45) is 1.47. The van der Waals surface area contributed by atoms with Crippen LogP contribution in [0.3, 0.4) is 0 Å². The molecule has 3 aromatic rings. The monoisotopic (exact) mass is 335 g/mol. The van der Waals surface area contributed by atoms with Crippen molar-refractivity contribution in [2.45, 2.75) is 13.8 Å². The second kappa shape index (κ2) is 6.56. The van der Waals surface area contributed by atoms with Gasteiger partial charge in [0.05, 0.1) is 22.5 Å². The van der Waals surface area contributed by atoms with E-state index < -0.39 is 5.91 Å². The summed E-state index contributed by atoms with van der Waals surface area (Å²) in [5.74, 6) is -0.352. The van der Waals surface area contributed by atoms with E-state index in [0.717, 1.165) is 11.4 Å². The Hall–Kier alpha value is -3.48. The minimum Gasteiger partial charge on any atom is -0.366 e. The number of nitrogens with two attached hydrogens (primary N) is 1. The van der Waals surface area contributed by atoms with Crippen LogP contribution in [0.2, 0.25) is 0 Å². The fraction of sp³-hybridized carbons (Fsp3) is 0.111. The van der Waals surface area contributed by atoms with Crippen LogP contribution in [0.4, 0.5) is 5.69 Å². The first-order valence-corrected chi connectivity index (χ1v) is 7.65. The average Bonchev–Trinajstić information content (AvgIpc) is 2.93. The number of nitrogens with one attached hydrogen (secondary N) is 1. The van der Waals surface area contributed by atoms with E-state index in [1.165, 1.54) is 6.20 Å². The number of amides is 2. The Balaban J connectivity index is 1.82. The first kappa shape index (κ1) is 16.4. The van der Waals surface area contributed by atoms with Crippen molar-refractivity contribution in [3.8, 4) is 5.82 Å². The van der Waals surface area contributed by atoms with Crippen molar-refractivity contribution in [2.75, 3.05) is 5.32 Å². The third-order valence-electron chi connectivity index (χ3n) is 3.68. The smallest absolute Gasteiger partial charge is 0.257 e. The molecule has 0 fully saturated rings. The van der Waals surface area contributed by atoms with E-state index in [2.05, 4.69) is 15.4 Å². The van der Waals surface area contributed by atoms with Gasteiger partial charge < -0.3 is 11.1 Å². The van der Waals surface area contributed by atoms with Crippen LogP contribution in [-0.2, 0) is 0 Å². The lowest BCUT2D eigenvalue weighted by Gasteiger charge is -2.09. The van der Waals surface area contributed by atoms with Crippen LogP contribution in [0.1, 0.15) is 32.1 Å². The first-order valence-electron chi connectivity index (χ1n) is 7.65. The Morgan fingerprint density at radius 2 is 1.88 bits per heavy atom. The van der Waals surface area contributed by atoms with Crippen molar-refractivity contribution in [1.29, 1.82) is 0 Å². The number of carbonyl (C=O) groups is 2. The van der Waals surface area contributed by atoms with Crippen LogP contribution < -0.4 is 11.1 Å². The van der Waals surface area contributed by atoms with Gasteiger partial charge in [-0.2, -0.15) is 5.10 Å². The molecule has 7 nitrogen and oxygen atoms in total. The largest absolute Gasteiger partial charge is 0.366 e. The number of aryl methyl sites for hydroxylation is 2. The average molecular weight is 335 g/mol.